The molecule has 2 aromatic carbocycles. The van der Waals surface area contributed by atoms with E-state index in [4.69, 9.17) is 5.73 Å². The Morgan fingerprint density at radius 2 is 1.89 bits per heavy atom. The van der Waals surface area contributed by atoms with E-state index in [0.29, 0.717) is 10.2 Å². The van der Waals surface area contributed by atoms with Gasteiger partial charge in [-0.3, -0.25) is 4.79 Å². The summed E-state index contributed by atoms with van der Waals surface area (Å²) in [5, 5.41) is 2.67. The lowest BCUT2D eigenvalue weighted by atomic mass is 10.1. The molecule has 6 heteroatoms. The molecule has 2 aromatic rings. The van der Waals surface area contributed by atoms with E-state index in [2.05, 4.69) is 37.2 Å². The highest BCUT2D eigenvalue weighted by atomic mass is 79.9. The molecule has 3 nitrogen and oxygen atoms in total. The van der Waals surface area contributed by atoms with Crippen molar-refractivity contribution >= 4 is 49.1 Å². The molecular weight excluding hydrogens is 379 g/mol. The number of nitrogen functional groups attached to an aromatic ring is 1. The van der Waals surface area contributed by atoms with Crippen molar-refractivity contribution in [3.63, 3.8) is 0 Å². The van der Waals surface area contributed by atoms with Crippen molar-refractivity contribution in [1.82, 2.24) is 0 Å². The minimum atomic E-state index is -0.505. The summed E-state index contributed by atoms with van der Waals surface area (Å²) in [6.07, 6.45) is 0. The Bertz CT molecular complexity index is 647. The minimum absolute atomic E-state index is 0.106. The molecular formula is C13H9Br2FN2O. The SMILES string of the molecule is Nc1ccc(F)cc1C(=O)Nc1ccc(Br)cc1Br. The summed E-state index contributed by atoms with van der Waals surface area (Å²) in [5.41, 5.74) is 6.58. The van der Waals surface area contributed by atoms with Gasteiger partial charge in [0.25, 0.3) is 5.91 Å². The van der Waals surface area contributed by atoms with E-state index in [9.17, 15) is 9.18 Å². The van der Waals surface area contributed by atoms with Crippen molar-refractivity contribution in [3.05, 3.63) is 56.7 Å². The second-order valence-electron chi connectivity index (χ2n) is 3.81. The first-order chi connectivity index (χ1) is 8.97. The fourth-order valence-electron chi connectivity index (χ4n) is 1.51. The van der Waals surface area contributed by atoms with Crippen LogP contribution < -0.4 is 11.1 Å². The van der Waals surface area contributed by atoms with Crippen molar-refractivity contribution < 1.29 is 9.18 Å². The van der Waals surface area contributed by atoms with Crippen molar-refractivity contribution in [2.75, 3.05) is 11.1 Å². The van der Waals surface area contributed by atoms with Crippen LogP contribution in [0.3, 0.4) is 0 Å². The topological polar surface area (TPSA) is 55.1 Å². The van der Waals surface area contributed by atoms with Gasteiger partial charge in [-0.05, 0) is 52.3 Å². The van der Waals surface area contributed by atoms with Gasteiger partial charge in [0.05, 0.1) is 11.3 Å². The third kappa shape index (κ3) is 3.33. The Balaban J connectivity index is 2.28. The molecule has 0 spiro atoms. The van der Waals surface area contributed by atoms with Crippen molar-refractivity contribution in [2.24, 2.45) is 0 Å². The number of anilines is 2. The van der Waals surface area contributed by atoms with Crippen LogP contribution in [0.1, 0.15) is 10.4 Å². The standard InChI is InChI=1S/C13H9Br2FN2O/c14-7-1-4-12(10(15)5-7)18-13(19)9-6-8(16)2-3-11(9)17/h1-6H,17H2,(H,18,19). The van der Waals surface area contributed by atoms with E-state index in [1.807, 2.05) is 0 Å². The fourth-order valence-corrected chi connectivity index (χ4v) is 2.65. The van der Waals surface area contributed by atoms with Crippen molar-refractivity contribution in [3.8, 4) is 0 Å². The maximum atomic E-state index is 13.1. The Morgan fingerprint density at radius 3 is 2.58 bits per heavy atom. The van der Waals surface area contributed by atoms with E-state index in [1.165, 1.54) is 12.1 Å². The summed E-state index contributed by atoms with van der Waals surface area (Å²) in [4.78, 5) is 12.0. The average molecular weight is 388 g/mol. The summed E-state index contributed by atoms with van der Waals surface area (Å²) in [6.45, 7) is 0. The Morgan fingerprint density at radius 1 is 1.16 bits per heavy atom. The monoisotopic (exact) mass is 386 g/mol. The number of nitrogens with one attached hydrogen (secondary N) is 1. The highest BCUT2D eigenvalue weighted by Gasteiger charge is 2.12. The van der Waals surface area contributed by atoms with Gasteiger partial charge in [-0.15, -0.1) is 0 Å². The van der Waals surface area contributed by atoms with Crippen LogP contribution in [0.15, 0.2) is 45.3 Å². The summed E-state index contributed by atoms with van der Waals surface area (Å²) in [6, 6.07) is 8.99. The molecule has 0 fully saturated rings. The van der Waals surface area contributed by atoms with Gasteiger partial charge in [0.2, 0.25) is 0 Å². The first kappa shape index (κ1) is 14.0. The fraction of sp³-hybridized carbons (Fsp3) is 0. The molecule has 0 radical (unpaired) electrons. The predicted octanol–water partition coefficient (Wildman–Crippen LogP) is 4.19. The molecule has 0 aromatic heterocycles. The van der Waals surface area contributed by atoms with Crippen LogP contribution >= 0.6 is 31.9 Å². The maximum Gasteiger partial charge on any atom is 0.257 e. The first-order valence-electron chi connectivity index (χ1n) is 5.29. The summed E-state index contributed by atoms with van der Waals surface area (Å²) >= 11 is 6.65. The zero-order valence-corrected chi connectivity index (χ0v) is 12.8. The number of hydrogen-bond acceptors (Lipinski definition) is 2. The number of halogens is 3. The average Bonchev–Trinajstić information content (AvgIpc) is 2.35. The molecule has 0 aliphatic carbocycles. The number of amides is 1. The van der Waals surface area contributed by atoms with E-state index in [0.717, 1.165) is 10.5 Å². The van der Waals surface area contributed by atoms with Crippen LogP contribution in [0, 0.1) is 5.82 Å². The Labute approximate surface area is 126 Å². The van der Waals surface area contributed by atoms with Crippen LogP contribution in [0.4, 0.5) is 15.8 Å². The van der Waals surface area contributed by atoms with E-state index in [-0.39, 0.29) is 11.3 Å². The van der Waals surface area contributed by atoms with Gasteiger partial charge >= 0.3 is 0 Å². The van der Waals surface area contributed by atoms with Gasteiger partial charge in [0.1, 0.15) is 5.82 Å². The van der Waals surface area contributed by atoms with E-state index >= 15 is 0 Å². The lowest BCUT2D eigenvalue weighted by molar-refractivity contribution is 0.102. The number of carbonyl (C=O) groups excluding carboxylic acids is 1. The third-order valence-corrected chi connectivity index (χ3v) is 3.59. The normalized spacial score (nSPS) is 10.3. The van der Waals surface area contributed by atoms with Crippen LogP contribution in [-0.2, 0) is 0 Å². The molecule has 0 saturated heterocycles. The van der Waals surface area contributed by atoms with Gasteiger partial charge in [-0.2, -0.15) is 0 Å². The van der Waals surface area contributed by atoms with Crippen LogP contribution in [0.25, 0.3) is 0 Å². The smallest absolute Gasteiger partial charge is 0.257 e. The Kier molecular flexibility index (Phi) is 4.21. The number of nitrogens with two attached hydrogens (primary N) is 1. The largest absolute Gasteiger partial charge is 0.398 e. The van der Waals surface area contributed by atoms with E-state index < -0.39 is 11.7 Å². The van der Waals surface area contributed by atoms with Crippen LogP contribution in [0.2, 0.25) is 0 Å². The van der Waals surface area contributed by atoms with Crippen molar-refractivity contribution in [2.45, 2.75) is 0 Å². The number of hydrogen-bond donors (Lipinski definition) is 2. The molecule has 3 N–H and O–H groups in total. The van der Waals surface area contributed by atoms with Gasteiger partial charge < -0.3 is 11.1 Å². The molecule has 0 heterocycles. The van der Waals surface area contributed by atoms with Crippen LogP contribution in [0.5, 0.6) is 0 Å². The highest BCUT2D eigenvalue weighted by molar-refractivity contribution is 9.11. The van der Waals surface area contributed by atoms with Crippen molar-refractivity contribution in [1.29, 1.82) is 0 Å². The number of carbonyl (C=O) groups is 1. The van der Waals surface area contributed by atoms with Gasteiger partial charge in [-0.25, -0.2) is 4.39 Å². The predicted molar refractivity (Wildman–Crippen MR) is 80.6 cm³/mol. The first-order valence-corrected chi connectivity index (χ1v) is 6.87. The third-order valence-electron chi connectivity index (χ3n) is 2.44. The van der Waals surface area contributed by atoms with Crippen LogP contribution in [-0.4, -0.2) is 5.91 Å². The molecule has 0 aliphatic rings. The lowest BCUT2D eigenvalue weighted by Gasteiger charge is -2.09. The maximum absolute atomic E-state index is 13.1. The van der Waals surface area contributed by atoms with Gasteiger partial charge in [0.15, 0.2) is 0 Å². The second kappa shape index (κ2) is 5.71. The molecule has 1 amide bonds. The molecule has 0 unspecified atom stereocenters. The zero-order valence-electron chi connectivity index (χ0n) is 9.58. The quantitative estimate of drug-likeness (QED) is 0.759. The molecule has 0 saturated carbocycles. The summed E-state index contributed by atoms with van der Waals surface area (Å²) in [7, 11) is 0. The number of benzene rings is 2. The molecule has 0 aliphatic heterocycles. The summed E-state index contributed by atoms with van der Waals surface area (Å²) < 4.78 is 14.7. The van der Waals surface area contributed by atoms with Gasteiger partial charge in [0, 0.05) is 14.6 Å². The zero-order chi connectivity index (χ0) is 14.0. The minimum Gasteiger partial charge on any atom is -0.398 e. The summed E-state index contributed by atoms with van der Waals surface area (Å²) in [5.74, 6) is -0.964. The second-order valence-corrected chi connectivity index (χ2v) is 5.58. The van der Waals surface area contributed by atoms with Gasteiger partial charge in [-0.1, -0.05) is 15.9 Å². The molecule has 98 valence electrons. The Hall–Kier alpha value is -1.40. The van der Waals surface area contributed by atoms with E-state index in [1.54, 1.807) is 18.2 Å². The molecule has 2 rings (SSSR count). The lowest BCUT2D eigenvalue weighted by Crippen LogP contribution is -2.14. The molecule has 0 bridgehead atoms. The highest BCUT2D eigenvalue weighted by Crippen LogP contribution is 2.27. The molecule has 19 heavy (non-hydrogen) atoms. The molecule has 0 atom stereocenters. The number of rotatable bonds is 2.